The summed E-state index contributed by atoms with van der Waals surface area (Å²) in [5, 5.41) is 0.832. The molecule has 1 atom stereocenters. The van der Waals surface area contributed by atoms with E-state index in [2.05, 4.69) is 44.0 Å². The summed E-state index contributed by atoms with van der Waals surface area (Å²) < 4.78 is 12.1. The van der Waals surface area contributed by atoms with E-state index in [1.807, 2.05) is 0 Å². The normalized spacial score (nSPS) is 20.1. The molecule has 0 radical (unpaired) electrons. The van der Waals surface area contributed by atoms with E-state index in [1.54, 1.807) is 7.11 Å². The van der Waals surface area contributed by atoms with E-state index >= 15 is 0 Å². The molecule has 88 valence electrons. The molecule has 0 amide bonds. The number of aryl methyl sites for hydroxylation is 1. The van der Waals surface area contributed by atoms with Gasteiger partial charge in [0.25, 0.3) is 0 Å². The Kier molecular flexibility index (Phi) is 4.27. The number of hydrogen-bond acceptors (Lipinski definition) is 2. The van der Waals surface area contributed by atoms with Crippen LogP contribution in [0.5, 0.6) is 5.75 Å². The first-order valence-electron chi connectivity index (χ1n) is 5.30. The van der Waals surface area contributed by atoms with Crippen LogP contribution in [0.2, 0.25) is 0 Å². The summed E-state index contributed by atoms with van der Waals surface area (Å²) in [5.41, 5.74) is 2.60. The van der Waals surface area contributed by atoms with Gasteiger partial charge in [0.2, 0.25) is 0 Å². The lowest BCUT2D eigenvalue weighted by molar-refractivity contribution is 0.0739. The first kappa shape index (κ1) is 12.4. The maximum Gasteiger partial charge on any atom is 0.133 e. The van der Waals surface area contributed by atoms with Gasteiger partial charge in [0.05, 0.1) is 17.7 Å². The number of alkyl halides is 1. The van der Waals surface area contributed by atoms with Gasteiger partial charge in [-0.3, -0.25) is 0 Å². The van der Waals surface area contributed by atoms with Crippen molar-refractivity contribution in [2.24, 2.45) is 0 Å². The maximum atomic E-state index is 5.80. The summed E-state index contributed by atoms with van der Waals surface area (Å²) >= 11 is 7.03. The second-order valence-corrected chi connectivity index (χ2v) is 5.30. The van der Waals surface area contributed by atoms with Crippen LogP contribution in [0.15, 0.2) is 16.6 Å². The van der Waals surface area contributed by atoms with Gasteiger partial charge in [0, 0.05) is 11.9 Å². The minimum absolute atomic E-state index is 0.153. The summed E-state index contributed by atoms with van der Waals surface area (Å²) in [6.45, 7) is 0.824. The highest BCUT2D eigenvalue weighted by molar-refractivity contribution is 9.10. The van der Waals surface area contributed by atoms with Crippen molar-refractivity contribution in [2.45, 2.75) is 18.9 Å². The van der Waals surface area contributed by atoms with Crippen molar-refractivity contribution in [3.8, 4) is 5.75 Å². The monoisotopic (exact) mass is 348 g/mol. The van der Waals surface area contributed by atoms with Gasteiger partial charge in [0.15, 0.2) is 0 Å². The number of fused-ring (bicyclic) bond motifs is 1. The molecule has 0 aliphatic carbocycles. The van der Waals surface area contributed by atoms with E-state index < -0.39 is 0 Å². The summed E-state index contributed by atoms with van der Waals surface area (Å²) in [5.74, 6) is 0.897. The summed E-state index contributed by atoms with van der Waals surface area (Å²) in [7, 11) is 1.70. The summed E-state index contributed by atoms with van der Waals surface area (Å²) in [6.07, 6.45) is 2.28. The Labute approximate surface area is 113 Å². The Morgan fingerprint density at radius 3 is 3.00 bits per heavy atom. The Morgan fingerprint density at radius 2 is 2.31 bits per heavy atom. The van der Waals surface area contributed by atoms with Crippen LogP contribution in [-0.2, 0) is 11.2 Å². The topological polar surface area (TPSA) is 18.5 Å². The van der Waals surface area contributed by atoms with Gasteiger partial charge in [-0.25, -0.2) is 0 Å². The third-order valence-electron chi connectivity index (χ3n) is 2.81. The first-order valence-corrected chi connectivity index (χ1v) is 7.21. The molecule has 2 rings (SSSR count). The lowest BCUT2D eigenvalue weighted by Gasteiger charge is -2.17. The number of methoxy groups -OCH3 is 1. The standard InChI is InChI=1S/C12H14Br2O2/c1-15-11-5-8-3-2-4-16-12(7-13)9(8)6-10(11)14/h5-6,12H,2-4,7H2,1H3. The lowest BCUT2D eigenvalue weighted by Crippen LogP contribution is -2.06. The van der Waals surface area contributed by atoms with Crippen molar-refractivity contribution in [3.63, 3.8) is 0 Å². The van der Waals surface area contributed by atoms with Gasteiger partial charge in [-0.2, -0.15) is 0 Å². The highest BCUT2D eigenvalue weighted by atomic mass is 79.9. The molecule has 0 fully saturated rings. The van der Waals surface area contributed by atoms with Crippen LogP contribution in [0.4, 0.5) is 0 Å². The Bertz CT molecular complexity index is 380. The van der Waals surface area contributed by atoms with Gasteiger partial charge in [-0.15, -0.1) is 0 Å². The van der Waals surface area contributed by atoms with Crippen molar-refractivity contribution in [3.05, 3.63) is 27.7 Å². The quantitative estimate of drug-likeness (QED) is 0.755. The van der Waals surface area contributed by atoms with Crippen LogP contribution in [-0.4, -0.2) is 19.0 Å². The third-order valence-corrected chi connectivity index (χ3v) is 4.02. The van der Waals surface area contributed by atoms with Gasteiger partial charge in [0.1, 0.15) is 5.75 Å². The molecule has 0 saturated carbocycles. The smallest absolute Gasteiger partial charge is 0.133 e. The van der Waals surface area contributed by atoms with Crippen LogP contribution < -0.4 is 4.74 Å². The Balaban J connectivity index is 2.45. The number of ether oxygens (including phenoxy) is 2. The van der Waals surface area contributed by atoms with Gasteiger partial charge in [-0.05, 0) is 52.0 Å². The van der Waals surface area contributed by atoms with E-state index in [9.17, 15) is 0 Å². The molecule has 1 unspecified atom stereocenters. The zero-order valence-electron chi connectivity index (χ0n) is 9.13. The van der Waals surface area contributed by atoms with Crippen molar-refractivity contribution < 1.29 is 9.47 Å². The molecule has 0 spiro atoms. The van der Waals surface area contributed by atoms with Gasteiger partial charge in [-0.1, -0.05) is 15.9 Å². The van der Waals surface area contributed by atoms with E-state index in [-0.39, 0.29) is 6.10 Å². The second-order valence-electron chi connectivity index (χ2n) is 3.80. The fourth-order valence-corrected chi connectivity index (χ4v) is 3.05. The van der Waals surface area contributed by atoms with E-state index in [0.717, 1.165) is 35.0 Å². The molecule has 1 heterocycles. The molecule has 2 nitrogen and oxygen atoms in total. The molecule has 4 heteroatoms. The van der Waals surface area contributed by atoms with Crippen LogP contribution in [0.1, 0.15) is 23.7 Å². The predicted molar refractivity (Wildman–Crippen MR) is 71.5 cm³/mol. The minimum Gasteiger partial charge on any atom is -0.496 e. The molecule has 1 aliphatic rings. The lowest BCUT2D eigenvalue weighted by atomic mass is 10.0. The molecule has 1 aromatic carbocycles. The summed E-state index contributed by atoms with van der Waals surface area (Å²) in [4.78, 5) is 0. The molecule has 0 aromatic heterocycles. The number of hydrogen-bond donors (Lipinski definition) is 0. The van der Waals surface area contributed by atoms with Crippen molar-refractivity contribution in [2.75, 3.05) is 19.0 Å². The summed E-state index contributed by atoms with van der Waals surface area (Å²) in [6, 6.07) is 4.23. The van der Waals surface area contributed by atoms with Crippen LogP contribution in [0.25, 0.3) is 0 Å². The molecular formula is C12H14Br2O2. The Hall–Kier alpha value is -0.0600. The maximum absolute atomic E-state index is 5.80. The van der Waals surface area contributed by atoms with E-state index in [4.69, 9.17) is 9.47 Å². The average molecular weight is 350 g/mol. The largest absolute Gasteiger partial charge is 0.496 e. The van der Waals surface area contributed by atoms with Crippen LogP contribution in [0, 0.1) is 0 Å². The molecular weight excluding hydrogens is 336 g/mol. The zero-order valence-corrected chi connectivity index (χ0v) is 12.3. The fourth-order valence-electron chi connectivity index (χ4n) is 1.99. The number of benzene rings is 1. The van der Waals surface area contributed by atoms with E-state index in [0.29, 0.717) is 0 Å². The molecule has 16 heavy (non-hydrogen) atoms. The predicted octanol–water partition coefficient (Wildman–Crippen LogP) is 3.86. The van der Waals surface area contributed by atoms with Gasteiger partial charge >= 0.3 is 0 Å². The van der Waals surface area contributed by atoms with Crippen molar-refractivity contribution in [1.29, 1.82) is 0 Å². The number of halogens is 2. The molecule has 1 aromatic rings. The van der Waals surface area contributed by atoms with Crippen LogP contribution >= 0.6 is 31.9 Å². The zero-order chi connectivity index (χ0) is 11.5. The van der Waals surface area contributed by atoms with Crippen molar-refractivity contribution in [1.82, 2.24) is 0 Å². The SMILES string of the molecule is COc1cc2c(cc1Br)C(CBr)OCCC2. The Morgan fingerprint density at radius 1 is 1.50 bits per heavy atom. The molecule has 0 bridgehead atoms. The number of rotatable bonds is 2. The molecule has 0 saturated heterocycles. The first-order chi connectivity index (χ1) is 7.76. The highest BCUT2D eigenvalue weighted by Crippen LogP contribution is 2.35. The fraction of sp³-hybridized carbons (Fsp3) is 0.500. The average Bonchev–Trinajstić information content (AvgIpc) is 2.49. The third kappa shape index (κ3) is 2.44. The van der Waals surface area contributed by atoms with Crippen LogP contribution in [0.3, 0.4) is 0 Å². The van der Waals surface area contributed by atoms with Gasteiger partial charge < -0.3 is 9.47 Å². The second kappa shape index (κ2) is 5.52. The molecule has 0 N–H and O–H groups in total. The molecule has 1 aliphatic heterocycles. The minimum atomic E-state index is 0.153. The highest BCUT2D eigenvalue weighted by Gasteiger charge is 2.20. The van der Waals surface area contributed by atoms with Crippen molar-refractivity contribution >= 4 is 31.9 Å². The van der Waals surface area contributed by atoms with E-state index in [1.165, 1.54) is 11.1 Å².